The van der Waals surface area contributed by atoms with Crippen molar-refractivity contribution < 1.29 is 17.6 Å². The average Bonchev–Trinajstić information content (AvgIpc) is 3.30. The van der Waals surface area contributed by atoms with E-state index in [4.69, 9.17) is 11.6 Å². The van der Waals surface area contributed by atoms with Gasteiger partial charge in [0.05, 0.1) is 17.3 Å². The topological polar surface area (TPSA) is 92.6 Å². The summed E-state index contributed by atoms with van der Waals surface area (Å²) in [5, 5.41) is 4.57. The number of hydrogen-bond acceptors (Lipinski definition) is 5. The second-order valence-corrected chi connectivity index (χ2v) is 9.20. The Bertz CT molecular complexity index is 1310. The van der Waals surface area contributed by atoms with E-state index in [1.165, 1.54) is 41.7 Å². The zero-order valence-electron chi connectivity index (χ0n) is 15.2. The van der Waals surface area contributed by atoms with E-state index < -0.39 is 21.7 Å². The Kier molecular flexibility index (Phi) is 5.46. The Balaban J connectivity index is 1.51. The number of imidazole rings is 1. The zero-order valence-corrected chi connectivity index (χ0v) is 17.6. The van der Waals surface area contributed by atoms with Crippen LogP contribution >= 0.6 is 22.9 Å². The Morgan fingerprint density at radius 1 is 1.20 bits per heavy atom. The van der Waals surface area contributed by atoms with Crippen molar-refractivity contribution in [1.29, 1.82) is 0 Å². The molecule has 0 radical (unpaired) electrons. The molecule has 0 fully saturated rings. The van der Waals surface area contributed by atoms with E-state index in [1.807, 2.05) is 16.0 Å². The average molecular weight is 465 g/mol. The fourth-order valence-corrected chi connectivity index (χ4v) is 5.02. The molecule has 0 spiro atoms. The first kappa shape index (κ1) is 20.3. The molecule has 0 unspecified atom stereocenters. The molecular formula is C19H14ClFN4O3S2. The number of amides is 1. The van der Waals surface area contributed by atoms with Crippen LogP contribution in [0.25, 0.3) is 4.96 Å². The van der Waals surface area contributed by atoms with Crippen LogP contribution in [0.2, 0.25) is 5.02 Å². The summed E-state index contributed by atoms with van der Waals surface area (Å²) in [5.74, 6) is -0.964. The molecule has 0 aliphatic carbocycles. The van der Waals surface area contributed by atoms with Crippen molar-refractivity contribution in [2.45, 2.75) is 11.4 Å². The van der Waals surface area contributed by atoms with Crippen LogP contribution in [0.3, 0.4) is 0 Å². The maximum Gasteiger partial charge on any atom is 0.263 e. The standard InChI is InChI=1S/C19H14ClFN4O3S2/c20-16-6-1-12(18(26)22-10-15-11-25-7-8-29-19(25)23-15)9-17(16)30(27,28)24-14-4-2-13(21)3-5-14/h1-9,11,24H,10H2,(H,22,26). The minimum Gasteiger partial charge on any atom is -0.346 e. The van der Waals surface area contributed by atoms with Gasteiger partial charge in [-0.05, 0) is 42.5 Å². The maximum absolute atomic E-state index is 13.0. The maximum atomic E-state index is 13.0. The van der Waals surface area contributed by atoms with Gasteiger partial charge >= 0.3 is 0 Å². The van der Waals surface area contributed by atoms with Crippen LogP contribution in [-0.2, 0) is 16.6 Å². The van der Waals surface area contributed by atoms with E-state index in [-0.39, 0.29) is 27.7 Å². The van der Waals surface area contributed by atoms with E-state index >= 15 is 0 Å². The number of halogens is 2. The number of rotatable bonds is 6. The molecule has 30 heavy (non-hydrogen) atoms. The lowest BCUT2D eigenvalue weighted by molar-refractivity contribution is 0.0950. The van der Waals surface area contributed by atoms with Crippen molar-refractivity contribution >= 4 is 49.5 Å². The Morgan fingerprint density at radius 3 is 2.70 bits per heavy atom. The smallest absolute Gasteiger partial charge is 0.263 e. The van der Waals surface area contributed by atoms with Crippen LogP contribution in [-0.4, -0.2) is 23.7 Å². The second-order valence-electron chi connectivity index (χ2n) is 6.27. The predicted molar refractivity (Wildman–Crippen MR) is 113 cm³/mol. The number of nitrogens with zero attached hydrogens (tertiary/aromatic N) is 2. The molecule has 2 aromatic carbocycles. The fraction of sp³-hybridized carbons (Fsp3) is 0.0526. The van der Waals surface area contributed by atoms with Gasteiger partial charge < -0.3 is 5.32 Å². The van der Waals surface area contributed by atoms with Crippen molar-refractivity contribution in [3.05, 3.63) is 82.3 Å². The first-order chi connectivity index (χ1) is 14.3. The summed E-state index contributed by atoms with van der Waals surface area (Å²) >= 11 is 7.54. The molecule has 0 saturated carbocycles. The molecule has 0 aliphatic rings. The van der Waals surface area contributed by atoms with E-state index in [2.05, 4.69) is 15.0 Å². The molecule has 7 nitrogen and oxygen atoms in total. The predicted octanol–water partition coefficient (Wildman–Crippen LogP) is 3.92. The number of sulfonamides is 1. The van der Waals surface area contributed by atoms with Crippen LogP contribution in [0.1, 0.15) is 16.1 Å². The highest BCUT2D eigenvalue weighted by atomic mass is 35.5. The molecule has 2 aromatic heterocycles. The molecule has 0 saturated heterocycles. The molecule has 11 heteroatoms. The monoisotopic (exact) mass is 464 g/mol. The van der Waals surface area contributed by atoms with Gasteiger partial charge in [-0.1, -0.05) is 11.6 Å². The van der Waals surface area contributed by atoms with E-state index in [0.717, 1.165) is 17.1 Å². The van der Waals surface area contributed by atoms with Gasteiger partial charge in [0, 0.05) is 29.0 Å². The molecule has 4 rings (SSSR count). The summed E-state index contributed by atoms with van der Waals surface area (Å²) in [4.78, 5) is 17.4. The SMILES string of the molecule is O=C(NCc1cn2ccsc2n1)c1ccc(Cl)c(S(=O)(=O)Nc2ccc(F)cc2)c1. The van der Waals surface area contributed by atoms with Crippen molar-refractivity contribution in [3.8, 4) is 0 Å². The van der Waals surface area contributed by atoms with Gasteiger partial charge in [0.2, 0.25) is 0 Å². The lowest BCUT2D eigenvalue weighted by Gasteiger charge is -2.11. The lowest BCUT2D eigenvalue weighted by Crippen LogP contribution is -2.23. The highest BCUT2D eigenvalue weighted by Crippen LogP contribution is 2.25. The molecule has 2 N–H and O–H groups in total. The number of benzene rings is 2. The highest BCUT2D eigenvalue weighted by molar-refractivity contribution is 7.92. The van der Waals surface area contributed by atoms with Crippen LogP contribution in [0, 0.1) is 5.82 Å². The van der Waals surface area contributed by atoms with Gasteiger partial charge in [0.15, 0.2) is 4.96 Å². The number of aromatic nitrogens is 2. The second kappa shape index (κ2) is 8.05. The molecule has 0 aliphatic heterocycles. The van der Waals surface area contributed by atoms with Crippen LogP contribution in [0.4, 0.5) is 10.1 Å². The summed E-state index contributed by atoms with van der Waals surface area (Å²) in [6.45, 7) is 0.186. The lowest BCUT2D eigenvalue weighted by atomic mass is 10.2. The highest BCUT2D eigenvalue weighted by Gasteiger charge is 2.20. The van der Waals surface area contributed by atoms with Gasteiger partial charge in [-0.3, -0.25) is 13.9 Å². The Labute approximate surface area is 180 Å². The third-order valence-electron chi connectivity index (χ3n) is 4.15. The normalized spacial score (nSPS) is 11.5. The number of carbonyl (C=O) groups excluding carboxylic acids is 1. The molecular weight excluding hydrogens is 451 g/mol. The van der Waals surface area contributed by atoms with Gasteiger partial charge in [0.1, 0.15) is 10.7 Å². The minimum atomic E-state index is -4.09. The molecule has 154 valence electrons. The number of anilines is 1. The summed E-state index contributed by atoms with van der Waals surface area (Å²) in [7, 11) is -4.09. The number of hydrogen-bond donors (Lipinski definition) is 2. The van der Waals surface area contributed by atoms with Crippen molar-refractivity contribution in [3.63, 3.8) is 0 Å². The third-order valence-corrected chi connectivity index (χ3v) is 6.79. The third kappa shape index (κ3) is 4.30. The van der Waals surface area contributed by atoms with Crippen molar-refractivity contribution in [2.24, 2.45) is 0 Å². The number of carbonyl (C=O) groups is 1. The van der Waals surface area contributed by atoms with Gasteiger partial charge in [0.25, 0.3) is 15.9 Å². The molecule has 0 atom stereocenters. The molecule has 2 heterocycles. The molecule has 1 amide bonds. The van der Waals surface area contributed by atoms with Gasteiger partial charge in [-0.25, -0.2) is 17.8 Å². The Hall–Kier alpha value is -2.95. The van der Waals surface area contributed by atoms with Crippen LogP contribution in [0.15, 0.2) is 65.1 Å². The number of fused-ring (bicyclic) bond motifs is 1. The summed E-state index contributed by atoms with van der Waals surface area (Å²) < 4.78 is 42.6. The van der Waals surface area contributed by atoms with Crippen molar-refractivity contribution in [1.82, 2.24) is 14.7 Å². The van der Waals surface area contributed by atoms with Gasteiger partial charge in [-0.2, -0.15) is 0 Å². The molecule has 4 aromatic rings. The number of nitrogens with one attached hydrogen (secondary N) is 2. The summed E-state index contributed by atoms with van der Waals surface area (Å²) in [6.07, 6.45) is 3.67. The minimum absolute atomic E-state index is 0.0458. The summed E-state index contributed by atoms with van der Waals surface area (Å²) in [6, 6.07) is 8.78. The van der Waals surface area contributed by atoms with Gasteiger partial charge in [-0.15, -0.1) is 11.3 Å². The quantitative estimate of drug-likeness (QED) is 0.452. The first-order valence-electron chi connectivity index (χ1n) is 8.59. The van der Waals surface area contributed by atoms with Crippen LogP contribution < -0.4 is 10.0 Å². The summed E-state index contributed by atoms with van der Waals surface area (Å²) in [5.41, 5.74) is 0.969. The van der Waals surface area contributed by atoms with E-state index in [9.17, 15) is 17.6 Å². The Morgan fingerprint density at radius 2 is 1.97 bits per heavy atom. The zero-order chi connectivity index (χ0) is 21.3. The largest absolute Gasteiger partial charge is 0.346 e. The fourth-order valence-electron chi connectivity index (χ4n) is 2.71. The van der Waals surface area contributed by atoms with E-state index in [0.29, 0.717) is 5.69 Å². The van der Waals surface area contributed by atoms with E-state index in [1.54, 1.807) is 6.20 Å². The first-order valence-corrected chi connectivity index (χ1v) is 11.3. The number of thiazole rings is 1. The van der Waals surface area contributed by atoms with Crippen molar-refractivity contribution in [2.75, 3.05) is 4.72 Å². The van der Waals surface area contributed by atoms with Crippen LogP contribution in [0.5, 0.6) is 0 Å². The molecule has 0 bridgehead atoms.